The maximum absolute atomic E-state index is 8.65. The first-order chi connectivity index (χ1) is 6.57. The van der Waals surface area contributed by atoms with Gasteiger partial charge in [-0.1, -0.05) is 0 Å². The standard InChI is InChI=1S/C10H14N4/c1-10(2,7-12)14-8-3-4-13-9(5-8)6-11/h3-5H,7,12H2,1-2H3,(H,13,14). The summed E-state index contributed by atoms with van der Waals surface area (Å²) in [5.74, 6) is 0. The molecule has 4 heteroatoms. The molecule has 0 fully saturated rings. The number of hydrogen-bond donors (Lipinski definition) is 2. The predicted octanol–water partition coefficient (Wildman–Crippen LogP) is 1.10. The third-order valence-electron chi connectivity index (χ3n) is 1.87. The van der Waals surface area contributed by atoms with Crippen LogP contribution in [0.25, 0.3) is 0 Å². The highest BCUT2D eigenvalue weighted by molar-refractivity contribution is 5.47. The summed E-state index contributed by atoms with van der Waals surface area (Å²) in [6.45, 7) is 4.52. The number of hydrogen-bond acceptors (Lipinski definition) is 4. The van der Waals surface area contributed by atoms with Gasteiger partial charge in [0.15, 0.2) is 0 Å². The minimum Gasteiger partial charge on any atom is -0.379 e. The molecule has 1 heterocycles. The number of nitrogens with two attached hydrogens (primary N) is 1. The molecule has 4 nitrogen and oxygen atoms in total. The van der Waals surface area contributed by atoms with Crippen LogP contribution in [0, 0.1) is 11.3 Å². The number of nitrogens with one attached hydrogen (secondary N) is 1. The van der Waals surface area contributed by atoms with Crippen molar-refractivity contribution in [3.63, 3.8) is 0 Å². The van der Waals surface area contributed by atoms with Crippen molar-refractivity contribution in [2.24, 2.45) is 5.73 Å². The van der Waals surface area contributed by atoms with Gasteiger partial charge in [-0.05, 0) is 26.0 Å². The maximum atomic E-state index is 8.65. The quantitative estimate of drug-likeness (QED) is 0.748. The summed E-state index contributed by atoms with van der Waals surface area (Å²) in [5.41, 5.74) is 6.68. The fraction of sp³-hybridized carbons (Fsp3) is 0.400. The third-order valence-corrected chi connectivity index (χ3v) is 1.87. The second-order valence-corrected chi connectivity index (χ2v) is 3.75. The van der Waals surface area contributed by atoms with Gasteiger partial charge in [-0.3, -0.25) is 0 Å². The van der Waals surface area contributed by atoms with Crippen molar-refractivity contribution in [2.45, 2.75) is 19.4 Å². The van der Waals surface area contributed by atoms with Gasteiger partial charge in [0.25, 0.3) is 0 Å². The Morgan fingerprint density at radius 2 is 2.36 bits per heavy atom. The summed E-state index contributed by atoms with van der Waals surface area (Å²) >= 11 is 0. The molecule has 0 radical (unpaired) electrons. The minimum atomic E-state index is -0.173. The summed E-state index contributed by atoms with van der Waals surface area (Å²) in [6, 6.07) is 5.51. The molecule has 0 aliphatic carbocycles. The van der Waals surface area contributed by atoms with Gasteiger partial charge in [0.05, 0.1) is 0 Å². The van der Waals surface area contributed by atoms with Crippen molar-refractivity contribution in [1.29, 1.82) is 5.26 Å². The number of aromatic nitrogens is 1. The molecule has 3 N–H and O–H groups in total. The highest BCUT2D eigenvalue weighted by Gasteiger charge is 2.14. The van der Waals surface area contributed by atoms with Crippen molar-refractivity contribution in [1.82, 2.24) is 4.98 Å². The summed E-state index contributed by atoms with van der Waals surface area (Å²) < 4.78 is 0. The van der Waals surface area contributed by atoms with Gasteiger partial charge in [-0.25, -0.2) is 4.98 Å². The molecule has 0 aliphatic heterocycles. The van der Waals surface area contributed by atoms with Crippen LogP contribution in [-0.2, 0) is 0 Å². The normalized spacial score (nSPS) is 10.7. The van der Waals surface area contributed by atoms with Gasteiger partial charge in [0.1, 0.15) is 11.8 Å². The summed E-state index contributed by atoms with van der Waals surface area (Å²) in [6.07, 6.45) is 1.60. The van der Waals surface area contributed by atoms with Crippen molar-refractivity contribution in [3.05, 3.63) is 24.0 Å². The van der Waals surface area contributed by atoms with Crippen molar-refractivity contribution < 1.29 is 0 Å². The summed E-state index contributed by atoms with van der Waals surface area (Å²) in [7, 11) is 0. The van der Waals surface area contributed by atoms with E-state index in [1.165, 1.54) is 0 Å². The van der Waals surface area contributed by atoms with E-state index < -0.39 is 0 Å². The van der Waals surface area contributed by atoms with Crippen molar-refractivity contribution >= 4 is 5.69 Å². The average molecular weight is 190 g/mol. The molecule has 1 rings (SSSR count). The Bertz CT molecular complexity index is 351. The minimum absolute atomic E-state index is 0.173. The molecule has 0 unspecified atom stereocenters. The van der Waals surface area contributed by atoms with E-state index in [9.17, 15) is 0 Å². The molecular formula is C10H14N4. The fourth-order valence-corrected chi connectivity index (χ4v) is 1.01. The summed E-state index contributed by atoms with van der Waals surface area (Å²) in [5, 5.41) is 11.9. The lowest BCUT2D eigenvalue weighted by molar-refractivity contribution is 0.580. The number of nitrogens with zero attached hydrogens (tertiary/aromatic N) is 2. The first kappa shape index (κ1) is 10.5. The molecule has 0 aliphatic rings. The van der Waals surface area contributed by atoms with Crippen LogP contribution in [0.1, 0.15) is 19.5 Å². The molecule has 0 bridgehead atoms. The van der Waals surface area contributed by atoms with E-state index in [4.69, 9.17) is 11.0 Å². The third kappa shape index (κ3) is 2.71. The highest BCUT2D eigenvalue weighted by Crippen LogP contribution is 2.13. The Hall–Kier alpha value is -1.60. The average Bonchev–Trinajstić information content (AvgIpc) is 2.17. The maximum Gasteiger partial charge on any atom is 0.142 e. The van der Waals surface area contributed by atoms with Crippen LogP contribution >= 0.6 is 0 Å². The van der Waals surface area contributed by atoms with Crippen LogP contribution in [0.5, 0.6) is 0 Å². The molecular weight excluding hydrogens is 176 g/mol. The molecule has 0 saturated carbocycles. The molecule has 0 amide bonds. The molecule has 1 aromatic heterocycles. The molecule has 14 heavy (non-hydrogen) atoms. The van der Waals surface area contributed by atoms with Crippen molar-refractivity contribution in [3.8, 4) is 6.07 Å². The summed E-state index contributed by atoms with van der Waals surface area (Å²) in [4.78, 5) is 3.88. The lowest BCUT2D eigenvalue weighted by Crippen LogP contribution is -2.39. The topological polar surface area (TPSA) is 74.7 Å². The SMILES string of the molecule is CC(C)(CN)Nc1ccnc(C#N)c1. The second-order valence-electron chi connectivity index (χ2n) is 3.75. The Morgan fingerprint density at radius 3 is 2.93 bits per heavy atom. The van der Waals surface area contributed by atoms with E-state index >= 15 is 0 Å². The number of pyridine rings is 1. The Kier molecular flexibility index (Phi) is 3.05. The number of rotatable bonds is 3. The van der Waals surface area contributed by atoms with E-state index in [1.807, 2.05) is 26.0 Å². The molecule has 1 aromatic rings. The molecule has 0 saturated heterocycles. The highest BCUT2D eigenvalue weighted by atomic mass is 15.0. The van der Waals surface area contributed by atoms with E-state index in [1.54, 1.807) is 12.3 Å². The van der Waals surface area contributed by atoms with E-state index in [0.29, 0.717) is 12.2 Å². The first-order valence-electron chi connectivity index (χ1n) is 4.42. The van der Waals surface area contributed by atoms with Gasteiger partial charge < -0.3 is 11.1 Å². The first-order valence-corrected chi connectivity index (χ1v) is 4.42. The van der Waals surface area contributed by atoms with Gasteiger partial charge >= 0.3 is 0 Å². The van der Waals surface area contributed by atoms with Crippen LogP contribution in [0.4, 0.5) is 5.69 Å². The van der Waals surface area contributed by atoms with Gasteiger partial charge in [-0.2, -0.15) is 5.26 Å². The Labute approximate surface area is 83.8 Å². The molecule has 0 aromatic carbocycles. The molecule has 74 valence electrons. The molecule has 0 atom stereocenters. The van der Waals surface area contributed by atoms with Gasteiger partial charge in [0, 0.05) is 24.0 Å². The second kappa shape index (κ2) is 4.07. The zero-order valence-corrected chi connectivity index (χ0v) is 8.41. The predicted molar refractivity (Wildman–Crippen MR) is 55.7 cm³/mol. The van der Waals surface area contributed by atoms with E-state index in [-0.39, 0.29) is 5.54 Å². The Morgan fingerprint density at radius 1 is 1.64 bits per heavy atom. The van der Waals surface area contributed by atoms with E-state index in [0.717, 1.165) is 5.69 Å². The lowest BCUT2D eigenvalue weighted by atomic mass is 10.1. The van der Waals surface area contributed by atoms with Gasteiger partial charge in [-0.15, -0.1) is 0 Å². The smallest absolute Gasteiger partial charge is 0.142 e. The zero-order valence-electron chi connectivity index (χ0n) is 8.41. The zero-order chi connectivity index (χ0) is 10.6. The van der Waals surface area contributed by atoms with Crippen molar-refractivity contribution in [2.75, 3.05) is 11.9 Å². The van der Waals surface area contributed by atoms with Crippen LogP contribution in [0.2, 0.25) is 0 Å². The number of nitriles is 1. The fourth-order valence-electron chi connectivity index (χ4n) is 1.01. The lowest BCUT2D eigenvalue weighted by Gasteiger charge is -2.25. The van der Waals surface area contributed by atoms with E-state index in [2.05, 4.69) is 10.3 Å². The monoisotopic (exact) mass is 190 g/mol. The largest absolute Gasteiger partial charge is 0.379 e. The molecule has 0 spiro atoms. The van der Waals surface area contributed by atoms with Crippen LogP contribution in [0.15, 0.2) is 18.3 Å². The van der Waals surface area contributed by atoms with Gasteiger partial charge in [0.2, 0.25) is 0 Å². The number of anilines is 1. The van der Waals surface area contributed by atoms with Crippen LogP contribution in [-0.4, -0.2) is 17.1 Å². The van der Waals surface area contributed by atoms with Crippen LogP contribution < -0.4 is 11.1 Å². The Balaban J connectivity index is 2.83. The van der Waals surface area contributed by atoms with Crippen LogP contribution in [0.3, 0.4) is 0 Å².